The zero-order valence-electron chi connectivity index (χ0n) is 25.4. The van der Waals surface area contributed by atoms with Gasteiger partial charge < -0.3 is 31.1 Å². The van der Waals surface area contributed by atoms with Crippen LogP contribution in [0.25, 0.3) is 0 Å². The molecule has 228 valence electrons. The average Bonchev–Trinajstić information content (AvgIpc) is 3.02. The lowest BCUT2D eigenvalue weighted by Gasteiger charge is -2.25. The summed E-state index contributed by atoms with van der Waals surface area (Å²) >= 11 is 0. The van der Waals surface area contributed by atoms with Gasteiger partial charge in [0.2, 0.25) is 5.91 Å². The second kappa shape index (κ2) is 17.2. The molecule has 0 fully saturated rings. The van der Waals surface area contributed by atoms with Crippen molar-refractivity contribution in [3.63, 3.8) is 0 Å². The van der Waals surface area contributed by atoms with Crippen molar-refractivity contribution in [3.8, 4) is 5.75 Å². The number of carbonyl (C=O) groups excluding carboxylic acids is 4. The summed E-state index contributed by atoms with van der Waals surface area (Å²) in [6, 6.07) is 22.1. The summed E-state index contributed by atoms with van der Waals surface area (Å²) in [7, 11) is 0. The molecular weight excluding hydrogens is 548 g/mol. The third kappa shape index (κ3) is 11.9. The highest BCUT2D eigenvalue weighted by Gasteiger charge is 2.29. The molecule has 10 nitrogen and oxygen atoms in total. The minimum absolute atomic E-state index is 0.00499. The molecule has 3 aromatic rings. The number of hydrogen-bond donors (Lipinski definition) is 5. The molecule has 0 saturated heterocycles. The van der Waals surface area contributed by atoms with Crippen molar-refractivity contribution in [3.05, 3.63) is 102 Å². The number of rotatable bonds is 15. The normalized spacial score (nSPS) is 13.1. The Morgan fingerprint density at radius 3 is 2.07 bits per heavy atom. The van der Waals surface area contributed by atoms with Crippen LogP contribution in [0.3, 0.4) is 0 Å². The summed E-state index contributed by atoms with van der Waals surface area (Å²) in [5, 5.41) is 20.4. The van der Waals surface area contributed by atoms with Crippen LogP contribution < -0.4 is 21.3 Å². The second-order valence-corrected chi connectivity index (χ2v) is 10.3. The van der Waals surface area contributed by atoms with Crippen molar-refractivity contribution < 1.29 is 30.4 Å². The van der Waals surface area contributed by atoms with E-state index in [0.29, 0.717) is 5.56 Å². The van der Waals surface area contributed by atoms with Crippen molar-refractivity contribution >= 4 is 23.8 Å². The van der Waals surface area contributed by atoms with Crippen LogP contribution in [0.5, 0.6) is 5.75 Å². The van der Waals surface area contributed by atoms with Crippen LogP contribution in [0.1, 0.15) is 44.7 Å². The fourth-order valence-electron chi connectivity index (χ4n) is 4.16. The molecule has 0 heterocycles. The van der Waals surface area contributed by atoms with Gasteiger partial charge in [0, 0.05) is 20.9 Å². The van der Waals surface area contributed by atoms with Gasteiger partial charge >= 0.3 is 12.1 Å². The van der Waals surface area contributed by atoms with E-state index in [1.54, 1.807) is 26.0 Å². The maximum atomic E-state index is 13.4. The summed E-state index contributed by atoms with van der Waals surface area (Å²) in [4.78, 5) is 51.5. The van der Waals surface area contributed by atoms with Gasteiger partial charge in [-0.3, -0.25) is 9.59 Å². The van der Waals surface area contributed by atoms with E-state index in [0.717, 1.165) is 11.1 Å². The Balaban J connectivity index is 1.59. The molecule has 0 radical (unpaired) electrons. The molecule has 3 atom stereocenters. The topological polar surface area (TPSA) is 146 Å². The number of phenolic OH excluding ortho intramolecular Hbond substituents is 1. The Hall–Kier alpha value is -4.86. The van der Waals surface area contributed by atoms with Crippen LogP contribution in [0, 0.1) is 5.92 Å². The first-order valence-electron chi connectivity index (χ1n) is 14.8. The molecule has 3 aromatic carbocycles. The van der Waals surface area contributed by atoms with Gasteiger partial charge in [0.05, 0.1) is 6.04 Å². The number of ketones is 1. The molecule has 4 amide bonds. The van der Waals surface area contributed by atoms with Crippen molar-refractivity contribution in [1.29, 1.82) is 0 Å². The molecule has 5 N–H and O–H groups in total. The smallest absolute Gasteiger partial charge is 0.407 e. The number of ether oxygens (including phenoxy) is 1. The Bertz CT molecular complexity index is 1360. The molecule has 0 aliphatic carbocycles. The number of urea groups is 1. The minimum Gasteiger partial charge on any atom is -0.508 e. The van der Waals surface area contributed by atoms with E-state index >= 15 is 0 Å². The zero-order chi connectivity index (χ0) is 31.9. The first kappa shape index (κ1) is 31.1. The van der Waals surface area contributed by atoms with Crippen LogP contribution in [-0.4, -0.2) is 47.5 Å². The molecule has 0 saturated carbocycles. The number of aromatic hydroxyl groups is 1. The van der Waals surface area contributed by atoms with E-state index in [1.165, 1.54) is 12.1 Å². The lowest BCUT2D eigenvalue weighted by atomic mass is 9.97. The number of nitrogens with one attached hydrogen (secondary N) is 4. The van der Waals surface area contributed by atoms with Crippen LogP contribution in [0.2, 0.25) is 0 Å². The fraction of sp³-hybridized carbons (Fsp3) is 0.333. The molecular formula is C33H40N4O6. The summed E-state index contributed by atoms with van der Waals surface area (Å²) < 4.78 is 13.6. The highest BCUT2D eigenvalue weighted by molar-refractivity contribution is 5.93. The predicted molar refractivity (Wildman–Crippen MR) is 163 cm³/mol. The summed E-state index contributed by atoms with van der Waals surface area (Å²) in [6.45, 7) is 3.93. The van der Waals surface area contributed by atoms with Crippen molar-refractivity contribution in [2.75, 3.05) is 6.54 Å². The van der Waals surface area contributed by atoms with Crippen LogP contribution >= 0.6 is 0 Å². The van der Waals surface area contributed by atoms with E-state index in [9.17, 15) is 24.3 Å². The number of phenols is 1. The highest BCUT2D eigenvalue weighted by atomic mass is 16.5. The van der Waals surface area contributed by atoms with Crippen molar-refractivity contribution in [2.45, 2.75) is 58.3 Å². The lowest BCUT2D eigenvalue weighted by Crippen LogP contribution is -2.55. The SMILES string of the molecule is [2H]C(CCNC(=O)OCc1ccccc1)C(=O)[C@@H](Cc1ccc(O)cc1)NC(=O)[C@H](NC(=O)NCc1ccccc1)C(C)C. The van der Waals surface area contributed by atoms with Crippen molar-refractivity contribution in [2.24, 2.45) is 5.92 Å². The quantitative estimate of drug-likeness (QED) is 0.179. The fourth-order valence-corrected chi connectivity index (χ4v) is 4.16. The maximum Gasteiger partial charge on any atom is 0.407 e. The minimum atomic E-state index is -1.26. The van der Waals surface area contributed by atoms with Gasteiger partial charge in [-0.25, -0.2) is 9.59 Å². The Kier molecular flexibility index (Phi) is 12.4. The van der Waals surface area contributed by atoms with Crippen LogP contribution in [0.15, 0.2) is 84.9 Å². The molecule has 0 aromatic heterocycles. The average molecular weight is 590 g/mol. The van der Waals surface area contributed by atoms with E-state index < -0.39 is 42.3 Å². The predicted octanol–water partition coefficient (Wildman–Crippen LogP) is 4.22. The largest absolute Gasteiger partial charge is 0.508 e. The van der Waals surface area contributed by atoms with Gasteiger partial charge in [0.25, 0.3) is 0 Å². The number of hydrogen-bond acceptors (Lipinski definition) is 6. The Morgan fingerprint density at radius 2 is 1.44 bits per heavy atom. The molecule has 0 aliphatic heterocycles. The molecule has 0 bridgehead atoms. The summed E-state index contributed by atoms with van der Waals surface area (Å²) in [5.74, 6) is -1.38. The van der Waals surface area contributed by atoms with Gasteiger partial charge in [0.15, 0.2) is 5.78 Å². The first-order valence-corrected chi connectivity index (χ1v) is 14.2. The number of Topliss-reactive ketones (excluding diaryl/α,β-unsaturated/α-hetero) is 1. The van der Waals surface area contributed by atoms with Gasteiger partial charge in [-0.05, 0) is 47.6 Å². The third-order valence-electron chi connectivity index (χ3n) is 6.54. The van der Waals surface area contributed by atoms with Crippen LogP contribution in [-0.2, 0) is 33.9 Å². The first-order chi connectivity index (χ1) is 21.1. The van der Waals surface area contributed by atoms with E-state index in [4.69, 9.17) is 6.11 Å². The highest BCUT2D eigenvalue weighted by Crippen LogP contribution is 2.13. The standard InChI is InChI=1S/C33H40N4O6/c1-23(2)30(37-32(41)35-21-25-10-5-3-6-11-25)31(40)36-28(20-24-15-17-27(38)18-16-24)29(39)14-9-19-34-33(42)43-22-26-12-7-4-8-13-26/h3-8,10-13,15-18,23,28,30,38H,9,14,19-22H2,1-2H3,(H,34,42)(H,36,40)(H2,35,37,41)/t28-,30-/m1/s1/i14D/t14?,28-,30-. The van der Waals surface area contributed by atoms with Gasteiger partial charge in [-0.1, -0.05) is 86.6 Å². The number of carbonyl (C=O) groups is 4. The molecule has 3 rings (SSSR count). The van der Waals surface area contributed by atoms with Crippen molar-refractivity contribution in [1.82, 2.24) is 21.3 Å². The number of benzene rings is 3. The molecule has 0 spiro atoms. The zero-order valence-corrected chi connectivity index (χ0v) is 24.4. The van der Waals surface area contributed by atoms with E-state index in [2.05, 4.69) is 21.3 Å². The third-order valence-corrected chi connectivity index (χ3v) is 6.54. The maximum absolute atomic E-state index is 13.4. The van der Waals surface area contributed by atoms with Crippen LogP contribution in [0.4, 0.5) is 9.59 Å². The Morgan fingerprint density at radius 1 is 0.814 bits per heavy atom. The monoisotopic (exact) mass is 589 g/mol. The number of alkyl carbamates (subject to hydrolysis) is 1. The molecule has 1 unspecified atom stereocenters. The van der Waals surface area contributed by atoms with Gasteiger partial charge in [-0.2, -0.15) is 0 Å². The molecule has 43 heavy (non-hydrogen) atoms. The van der Waals surface area contributed by atoms with Gasteiger partial charge in [-0.15, -0.1) is 0 Å². The van der Waals surface area contributed by atoms with E-state index in [1.807, 2.05) is 60.7 Å². The van der Waals surface area contributed by atoms with Gasteiger partial charge in [0.1, 0.15) is 18.4 Å². The molecule has 0 aliphatic rings. The number of amides is 4. The lowest BCUT2D eigenvalue weighted by molar-refractivity contribution is -0.129. The molecule has 10 heteroatoms. The summed E-state index contributed by atoms with van der Waals surface area (Å²) in [5.41, 5.74) is 2.38. The van der Waals surface area contributed by atoms with E-state index in [-0.39, 0.29) is 44.2 Å². The second-order valence-electron chi connectivity index (χ2n) is 10.3. The summed E-state index contributed by atoms with van der Waals surface area (Å²) in [6.07, 6.45) is -1.86. The Labute approximate surface area is 253 Å².